The molecule has 2 aliphatic rings. The van der Waals surface area contributed by atoms with E-state index in [-0.39, 0.29) is 18.2 Å². The van der Waals surface area contributed by atoms with E-state index in [1.54, 1.807) is 13.2 Å². The van der Waals surface area contributed by atoms with Gasteiger partial charge in [-0.3, -0.25) is 14.4 Å². The van der Waals surface area contributed by atoms with Crippen molar-refractivity contribution < 1.29 is 23.9 Å². The number of hydrogen-bond donors (Lipinski definition) is 4. The summed E-state index contributed by atoms with van der Waals surface area (Å²) in [6.45, 7) is 0.582. The fourth-order valence-electron chi connectivity index (χ4n) is 4.19. The maximum Gasteiger partial charge on any atom is 0.268 e. The molecule has 2 heterocycles. The number of H-pyrrole nitrogens is 1. The molecule has 1 aromatic heterocycles. The lowest BCUT2D eigenvalue weighted by Gasteiger charge is -2.21. The zero-order chi connectivity index (χ0) is 22.7. The SMILES string of the molecule is COc1cccc2[nH]c(C(=O)N[C@@H](CC3CC3)C(=O)N[C@H](C=O)C[C@@H]3CCNC3=O)cc12. The Bertz CT molecular complexity index is 1030. The highest BCUT2D eigenvalue weighted by Crippen LogP contribution is 2.34. The fourth-order valence-corrected chi connectivity index (χ4v) is 4.19. The van der Waals surface area contributed by atoms with Gasteiger partial charge >= 0.3 is 0 Å². The Hall–Kier alpha value is -3.36. The van der Waals surface area contributed by atoms with Gasteiger partial charge in [0.15, 0.2) is 0 Å². The summed E-state index contributed by atoms with van der Waals surface area (Å²) in [7, 11) is 1.57. The number of fused-ring (bicyclic) bond motifs is 1. The Morgan fingerprint density at radius 1 is 1.22 bits per heavy atom. The summed E-state index contributed by atoms with van der Waals surface area (Å²) in [6.07, 6.45) is 4.10. The molecule has 3 amide bonds. The molecule has 0 spiro atoms. The standard InChI is InChI=1S/C23H28N4O5/c1-32-20-4-2-3-17-16(20)11-19(26-17)23(31)27-18(9-13-5-6-13)22(30)25-15(12-28)10-14-7-8-24-21(14)29/h2-4,11-15,18,26H,5-10H2,1H3,(H,24,29)(H,25,30)(H,27,31)/t14-,15-,18-/m0/s1. The minimum atomic E-state index is -0.771. The van der Waals surface area contributed by atoms with Crippen molar-refractivity contribution in [2.24, 2.45) is 11.8 Å². The van der Waals surface area contributed by atoms with Crippen LogP contribution in [0.25, 0.3) is 10.9 Å². The van der Waals surface area contributed by atoms with Crippen LogP contribution in [0.2, 0.25) is 0 Å². The van der Waals surface area contributed by atoms with E-state index in [9.17, 15) is 19.2 Å². The number of aromatic amines is 1. The Balaban J connectivity index is 1.44. The number of nitrogens with one attached hydrogen (secondary N) is 4. The molecular weight excluding hydrogens is 412 g/mol. The van der Waals surface area contributed by atoms with Crippen LogP contribution in [-0.4, -0.2) is 54.7 Å². The van der Waals surface area contributed by atoms with E-state index >= 15 is 0 Å². The summed E-state index contributed by atoms with van der Waals surface area (Å²) in [5.74, 6) is -0.165. The molecule has 3 atom stereocenters. The summed E-state index contributed by atoms with van der Waals surface area (Å²) in [4.78, 5) is 52.3. The Labute approximate surface area is 185 Å². The third-order valence-electron chi connectivity index (χ3n) is 6.17. The number of carbonyl (C=O) groups is 4. The smallest absolute Gasteiger partial charge is 0.268 e. The third kappa shape index (κ3) is 4.92. The van der Waals surface area contributed by atoms with Crippen molar-refractivity contribution in [1.82, 2.24) is 20.9 Å². The maximum atomic E-state index is 13.0. The van der Waals surface area contributed by atoms with E-state index in [4.69, 9.17) is 4.74 Å². The van der Waals surface area contributed by atoms with E-state index in [1.165, 1.54) is 0 Å². The van der Waals surface area contributed by atoms with Crippen molar-refractivity contribution >= 4 is 34.9 Å². The number of methoxy groups -OCH3 is 1. The molecule has 4 N–H and O–H groups in total. The molecular formula is C23H28N4O5. The predicted octanol–water partition coefficient (Wildman–Crippen LogP) is 1.28. The summed E-state index contributed by atoms with van der Waals surface area (Å²) in [5.41, 5.74) is 1.08. The highest BCUT2D eigenvalue weighted by Gasteiger charge is 2.33. The van der Waals surface area contributed by atoms with Gasteiger partial charge in [0.1, 0.15) is 23.8 Å². The van der Waals surface area contributed by atoms with E-state index < -0.39 is 23.9 Å². The minimum absolute atomic E-state index is 0.0943. The van der Waals surface area contributed by atoms with E-state index in [0.29, 0.717) is 43.0 Å². The number of hydrogen-bond acceptors (Lipinski definition) is 5. The summed E-state index contributed by atoms with van der Waals surface area (Å²) >= 11 is 0. The topological polar surface area (TPSA) is 129 Å². The molecule has 1 aliphatic carbocycles. The normalized spacial score (nSPS) is 19.8. The van der Waals surface area contributed by atoms with Crippen LogP contribution in [0.1, 0.15) is 42.6 Å². The van der Waals surface area contributed by atoms with Crippen molar-refractivity contribution in [2.75, 3.05) is 13.7 Å². The summed E-state index contributed by atoms with van der Waals surface area (Å²) in [5, 5.41) is 9.05. The zero-order valence-electron chi connectivity index (χ0n) is 18.0. The summed E-state index contributed by atoms with van der Waals surface area (Å²) < 4.78 is 5.34. The van der Waals surface area contributed by atoms with Gasteiger partial charge in [-0.25, -0.2) is 0 Å². The zero-order valence-corrected chi connectivity index (χ0v) is 18.0. The molecule has 170 valence electrons. The molecule has 1 aliphatic heterocycles. The molecule has 9 nitrogen and oxygen atoms in total. The van der Waals surface area contributed by atoms with Crippen LogP contribution in [-0.2, 0) is 14.4 Å². The molecule has 0 bridgehead atoms. The van der Waals surface area contributed by atoms with Crippen LogP contribution in [0.3, 0.4) is 0 Å². The number of ether oxygens (including phenoxy) is 1. The molecule has 1 saturated heterocycles. The first kappa shape index (κ1) is 21.9. The molecule has 2 fully saturated rings. The van der Waals surface area contributed by atoms with Crippen LogP contribution < -0.4 is 20.7 Å². The molecule has 32 heavy (non-hydrogen) atoms. The second kappa shape index (κ2) is 9.42. The average molecular weight is 441 g/mol. The van der Waals surface area contributed by atoms with Crippen molar-refractivity contribution in [2.45, 2.75) is 44.2 Å². The van der Waals surface area contributed by atoms with E-state index in [2.05, 4.69) is 20.9 Å². The molecule has 0 radical (unpaired) electrons. The van der Waals surface area contributed by atoms with Gasteiger partial charge in [-0.1, -0.05) is 18.9 Å². The van der Waals surface area contributed by atoms with Gasteiger partial charge in [-0.05, 0) is 43.4 Å². The number of benzene rings is 1. The van der Waals surface area contributed by atoms with Gasteiger partial charge in [-0.15, -0.1) is 0 Å². The van der Waals surface area contributed by atoms with Gasteiger partial charge in [0.2, 0.25) is 11.8 Å². The second-order valence-electron chi connectivity index (χ2n) is 8.57. The number of carbonyl (C=O) groups excluding carboxylic acids is 4. The molecule has 1 saturated carbocycles. The van der Waals surface area contributed by atoms with Gasteiger partial charge < -0.3 is 30.5 Å². The Morgan fingerprint density at radius 2 is 2.03 bits per heavy atom. The Morgan fingerprint density at radius 3 is 2.69 bits per heavy atom. The first-order chi connectivity index (χ1) is 15.5. The molecule has 0 unspecified atom stereocenters. The lowest BCUT2D eigenvalue weighted by atomic mass is 9.98. The second-order valence-corrected chi connectivity index (χ2v) is 8.57. The first-order valence-corrected chi connectivity index (χ1v) is 11.0. The van der Waals surface area contributed by atoms with Crippen molar-refractivity contribution in [3.63, 3.8) is 0 Å². The average Bonchev–Trinajstić information content (AvgIpc) is 3.35. The van der Waals surface area contributed by atoms with Crippen LogP contribution in [0.4, 0.5) is 0 Å². The number of aromatic nitrogens is 1. The fraction of sp³-hybridized carbons (Fsp3) is 0.478. The van der Waals surface area contributed by atoms with Crippen LogP contribution >= 0.6 is 0 Å². The first-order valence-electron chi connectivity index (χ1n) is 11.0. The Kier molecular flexibility index (Phi) is 6.43. The third-order valence-corrected chi connectivity index (χ3v) is 6.17. The molecule has 9 heteroatoms. The molecule has 4 rings (SSSR count). The summed E-state index contributed by atoms with van der Waals surface area (Å²) in [6, 6.07) is 5.65. The number of amides is 3. The van der Waals surface area contributed by atoms with Crippen LogP contribution in [0, 0.1) is 11.8 Å². The highest BCUT2D eigenvalue weighted by atomic mass is 16.5. The number of rotatable bonds is 10. The largest absolute Gasteiger partial charge is 0.496 e. The number of aldehydes is 1. The van der Waals surface area contributed by atoms with Crippen molar-refractivity contribution in [1.29, 1.82) is 0 Å². The van der Waals surface area contributed by atoms with Gasteiger partial charge in [-0.2, -0.15) is 0 Å². The van der Waals surface area contributed by atoms with Crippen LogP contribution in [0.5, 0.6) is 5.75 Å². The van der Waals surface area contributed by atoms with E-state index in [0.717, 1.165) is 23.7 Å². The lowest BCUT2D eigenvalue weighted by molar-refractivity contribution is -0.127. The maximum absolute atomic E-state index is 13.0. The monoisotopic (exact) mass is 440 g/mol. The van der Waals surface area contributed by atoms with Gasteiger partial charge in [0, 0.05) is 23.4 Å². The highest BCUT2D eigenvalue weighted by molar-refractivity contribution is 6.01. The lowest BCUT2D eigenvalue weighted by Crippen LogP contribution is -2.50. The van der Waals surface area contributed by atoms with Gasteiger partial charge in [0.25, 0.3) is 5.91 Å². The quantitative estimate of drug-likeness (QED) is 0.414. The molecule has 1 aromatic carbocycles. The minimum Gasteiger partial charge on any atom is -0.496 e. The molecule has 2 aromatic rings. The van der Waals surface area contributed by atoms with E-state index in [1.807, 2.05) is 18.2 Å². The van der Waals surface area contributed by atoms with Crippen LogP contribution in [0.15, 0.2) is 24.3 Å². The van der Waals surface area contributed by atoms with Crippen molar-refractivity contribution in [3.05, 3.63) is 30.0 Å². The predicted molar refractivity (Wildman–Crippen MR) is 117 cm³/mol. The van der Waals surface area contributed by atoms with Crippen molar-refractivity contribution in [3.8, 4) is 5.75 Å². The van der Waals surface area contributed by atoms with Gasteiger partial charge in [0.05, 0.1) is 13.2 Å².